The summed E-state index contributed by atoms with van der Waals surface area (Å²) >= 11 is 0. The van der Waals surface area contributed by atoms with Gasteiger partial charge in [-0.1, -0.05) is 13.8 Å². The zero-order chi connectivity index (χ0) is 18.3. The Labute approximate surface area is 136 Å². The number of carbonyl (C=O) groups is 1. The van der Waals surface area contributed by atoms with E-state index in [0.717, 1.165) is 4.68 Å². The molecule has 0 radical (unpaired) electrons. The van der Waals surface area contributed by atoms with Gasteiger partial charge in [0.25, 0.3) is 5.56 Å². The van der Waals surface area contributed by atoms with Crippen molar-refractivity contribution in [3.05, 3.63) is 27.2 Å². The van der Waals surface area contributed by atoms with Crippen molar-refractivity contribution < 1.29 is 22.7 Å². The van der Waals surface area contributed by atoms with Gasteiger partial charge in [-0.05, 0) is 18.4 Å². The van der Waals surface area contributed by atoms with Crippen molar-refractivity contribution in [3.63, 3.8) is 0 Å². The van der Waals surface area contributed by atoms with Crippen LogP contribution in [0, 0.1) is 11.3 Å². The molecule has 0 atom stereocenters. The van der Waals surface area contributed by atoms with Crippen LogP contribution < -0.4 is 10.9 Å². The second kappa shape index (κ2) is 8.33. The molecule has 0 spiro atoms. The molecule has 10 heteroatoms. The van der Waals surface area contributed by atoms with Crippen molar-refractivity contribution in [1.82, 2.24) is 15.1 Å². The number of carbonyl (C=O) groups excluding carboxylic acids is 1. The highest BCUT2D eigenvalue weighted by Gasteiger charge is 2.29. The highest BCUT2D eigenvalue weighted by molar-refractivity contribution is 5.67. The Morgan fingerprint density at radius 3 is 2.54 bits per heavy atom. The summed E-state index contributed by atoms with van der Waals surface area (Å²) in [6, 6.07) is 1.86. The molecular formula is C14H17F3N4O3. The number of amides is 1. The lowest BCUT2D eigenvalue weighted by Crippen LogP contribution is -2.35. The molecule has 0 saturated carbocycles. The molecule has 7 nitrogen and oxygen atoms in total. The van der Waals surface area contributed by atoms with Gasteiger partial charge in [-0.3, -0.25) is 4.79 Å². The molecule has 1 heterocycles. The van der Waals surface area contributed by atoms with E-state index in [0.29, 0.717) is 24.1 Å². The van der Waals surface area contributed by atoms with Crippen molar-refractivity contribution in [3.8, 4) is 6.07 Å². The van der Waals surface area contributed by atoms with Gasteiger partial charge >= 0.3 is 12.3 Å². The Bertz CT molecular complexity index is 692. The van der Waals surface area contributed by atoms with Crippen LogP contribution in [0.5, 0.6) is 0 Å². The highest BCUT2D eigenvalue weighted by Crippen LogP contribution is 2.14. The SMILES string of the molecule is CCc1nn(CCNC(=O)OCC(F)(F)F)c(=O)c(C#N)c1CC. The number of aryl methyl sites for hydroxylation is 1. The number of alkyl halides is 3. The molecule has 1 N–H and O–H groups in total. The van der Waals surface area contributed by atoms with Crippen LogP contribution in [-0.2, 0) is 24.1 Å². The summed E-state index contributed by atoms with van der Waals surface area (Å²) in [5, 5.41) is 15.4. The summed E-state index contributed by atoms with van der Waals surface area (Å²) in [6.45, 7) is 1.68. The van der Waals surface area contributed by atoms with Crippen molar-refractivity contribution in [2.45, 2.75) is 39.4 Å². The lowest BCUT2D eigenvalue weighted by molar-refractivity contribution is -0.160. The van der Waals surface area contributed by atoms with Gasteiger partial charge in [-0.25, -0.2) is 9.48 Å². The molecule has 132 valence electrons. The van der Waals surface area contributed by atoms with Crippen molar-refractivity contribution in [1.29, 1.82) is 5.26 Å². The van der Waals surface area contributed by atoms with Crippen LogP contribution >= 0.6 is 0 Å². The fraction of sp³-hybridized carbons (Fsp3) is 0.571. The number of nitrogens with one attached hydrogen (secondary N) is 1. The van der Waals surface area contributed by atoms with Crippen LogP contribution in [0.15, 0.2) is 4.79 Å². The van der Waals surface area contributed by atoms with Crippen LogP contribution in [0.25, 0.3) is 0 Å². The Morgan fingerprint density at radius 2 is 2.04 bits per heavy atom. The molecule has 1 rings (SSSR count). The second-order valence-corrected chi connectivity index (χ2v) is 4.77. The number of alkyl carbamates (subject to hydrolysis) is 1. The Balaban J connectivity index is 2.78. The van der Waals surface area contributed by atoms with E-state index in [1.165, 1.54) is 0 Å². The summed E-state index contributed by atoms with van der Waals surface area (Å²) < 4.78 is 40.7. The fourth-order valence-corrected chi connectivity index (χ4v) is 2.05. The molecule has 1 amide bonds. The summed E-state index contributed by atoms with van der Waals surface area (Å²) in [6.07, 6.45) is -4.86. The van der Waals surface area contributed by atoms with Crippen molar-refractivity contribution in [2.75, 3.05) is 13.2 Å². The topological polar surface area (TPSA) is 97.0 Å². The van der Waals surface area contributed by atoms with Gasteiger partial charge in [0.15, 0.2) is 6.61 Å². The minimum Gasteiger partial charge on any atom is -0.440 e. The van der Waals surface area contributed by atoms with Gasteiger partial charge < -0.3 is 10.1 Å². The monoisotopic (exact) mass is 346 g/mol. The molecule has 1 aromatic rings. The minimum atomic E-state index is -4.61. The Kier molecular flexibility index (Phi) is 6.76. The summed E-state index contributed by atoms with van der Waals surface area (Å²) in [4.78, 5) is 23.3. The van der Waals surface area contributed by atoms with Gasteiger partial charge in [0.1, 0.15) is 11.6 Å². The van der Waals surface area contributed by atoms with E-state index in [9.17, 15) is 22.8 Å². The number of ether oxygens (including phenoxy) is 1. The third-order valence-electron chi connectivity index (χ3n) is 3.10. The average Bonchev–Trinajstić information content (AvgIpc) is 2.53. The quantitative estimate of drug-likeness (QED) is 0.842. The maximum Gasteiger partial charge on any atom is 0.422 e. The lowest BCUT2D eigenvalue weighted by atomic mass is 10.0. The molecule has 0 aromatic carbocycles. The largest absolute Gasteiger partial charge is 0.440 e. The molecule has 0 fully saturated rings. The summed E-state index contributed by atoms with van der Waals surface area (Å²) in [7, 11) is 0. The van der Waals surface area contributed by atoms with E-state index in [2.05, 4.69) is 15.2 Å². The molecule has 1 aromatic heterocycles. The zero-order valence-electron chi connectivity index (χ0n) is 13.2. The number of nitrogens with zero attached hydrogens (tertiary/aromatic N) is 3. The summed E-state index contributed by atoms with van der Waals surface area (Å²) in [5.74, 6) is 0. The standard InChI is InChI=1S/C14H17F3N4O3/c1-3-9-10(7-18)12(22)21(20-11(9)4-2)6-5-19-13(23)24-8-14(15,16)17/h3-6,8H2,1-2H3,(H,19,23). The molecule has 0 aliphatic heterocycles. The minimum absolute atomic E-state index is 0.0102. The molecule has 0 aliphatic carbocycles. The average molecular weight is 346 g/mol. The first-order valence-corrected chi connectivity index (χ1v) is 7.23. The first-order valence-electron chi connectivity index (χ1n) is 7.23. The highest BCUT2D eigenvalue weighted by atomic mass is 19.4. The summed E-state index contributed by atoms with van der Waals surface area (Å²) in [5.41, 5.74) is 0.563. The van der Waals surface area contributed by atoms with E-state index < -0.39 is 24.4 Å². The van der Waals surface area contributed by atoms with Gasteiger partial charge in [0, 0.05) is 6.54 Å². The maximum atomic E-state index is 12.2. The predicted octanol–water partition coefficient (Wildman–Crippen LogP) is 1.53. The van der Waals surface area contributed by atoms with Crippen LogP contribution in [0.2, 0.25) is 0 Å². The maximum absolute atomic E-state index is 12.2. The van der Waals surface area contributed by atoms with E-state index in [4.69, 9.17) is 5.26 Å². The normalized spacial score (nSPS) is 11.0. The van der Waals surface area contributed by atoms with E-state index in [1.807, 2.05) is 13.0 Å². The number of hydrogen-bond acceptors (Lipinski definition) is 5. The van der Waals surface area contributed by atoms with Crippen LogP contribution in [0.4, 0.5) is 18.0 Å². The Morgan fingerprint density at radius 1 is 1.38 bits per heavy atom. The van der Waals surface area contributed by atoms with Gasteiger partial charge in [0.2, 0.25) is 0 Å². The number of hydrogen-bond donors (Lipinski definition) is 1. The molecular weight excluding hydrogens is 329 g/mol. The van der Waals surface area contributed by atoms with Crippen LogP contribution in [-0.4, -0.2) is 35.2 Å². The number of aromatic nitrogens is 2. The van der Waals surface area contributed by atoms with Gasteiger partial charge in [0.05, 0.1) is 12.2 Å². The van der Waals surface area contributed by atoms with Gasteiger partial charge in [-0.15, -0.1) is 0 Å². The third kappa shape index (κ3) is 5.26. The van der Waals surface area contributed by atoms with E-state index in [1.54, 1.807) is 6.92 Å². The third-order valence-corrected chi connectivity index (χ3v) is 3.10. The van der Waals surface area contributed by atoms with E-state index in [-0.39, 0.29) is 18.7 Å². The van der Waals surface area contributed by atoms with Gasteiger partial charge in [-0.2, -0.15) is 23.5 Å². The molecule has 0 saturated heterocycles. The molecule has 0 unspecified atom stereocenters. The zero-order valence-corrected chi connectivity index (χ0v) is 13.2. The first-order chi connectivity index (χ1) is 11.2. The molecule has 0 bridgehead atoms. The van der Waals surface area contributed by atoms with Crippen molar-refractivity contribution >= 4 is 6.09 Å². The second-order valence-electron chi connectivity index (χ2n) is 4.77. The first kappa shape index (κ1) is 19.5. The smallest absolute Gasteiger partial charge is 0.422 e. The fourth-order valence-electron chi connectivity index (χ4n) is 2.05. The lowest BCUT2D eigenvalue weighted by Gasteiger charge is -2.12. The molecule has 24 heavy (non-hydrogen) atoms. The molecule has 0 aliphatic rings. The Hall–Kier alpha value is -2.57. The van der Waals surface area contributed by atoms with Crippen LogP contribution in [0.3, 0.4) is 0 Å². The van der Waals surface area contributed by atoms with Crippen molar-refractivity contribution in [2.24, 2.45) is 0 Å². The number of halogens is 3. The van der Waals surface area contributed by atoms with Crippen LogP contribution in [0.1, 0.15) is 30.7 Å². The number of nitriles is 1. The van der Waals surface area contributed by atoms with E-state index >= 15 is 0 Å². The predicted molar refractivity (Wildman–Crippen MR) is 77.4 cm³/mol. The number of rotatable bonds is 6.